The Labute approximate surface area is 143 Å². The fourth-order valence-electron chi connectivity index (χ4n) is 2.51. The molecule has 0 fully saturated rings. The summed E-state index contributed by atoms with van der Waals surface area (Å²) in [6, 6.07) is 13.9. The Bertz CT molecular complexity index is 796. The lowest BCUT2D eigenvalue weighted by Gasteiger charge is -2.09. The zero-order valence-corrected chi connectivity index (χ0v) is 14.9. The van der Waals surface area contributed by atoms with Crippen molar-refractivity contribution in [2.24, 2.45) is 0 Å². The number of carbonyl (C=O) groups excluding carboxylic acids is 1. The van der Waals surface area contributed by atoms with E-state index < -0.39 is 15.7 Å². The molecule has 2 aromatic rings. The van der Waals surface area contributed by atoms with Gasteiger partial charge in [-0.2, -0.15) is 0 Å². The summed E-state index contributed by atoms with van der Waals surface area (Å²) >= 11 is 0. The van der Waals surface area contributed by atoms with Crippen molar-refractivity contribution in [2.45, 2.75) is 37.5 Å². The normalized spacial score (nSPS) is 11.2. The number of unbranched alkanes of at least 4 members (excludes halogenated alkanes) is 2. The lowest BCUT2D eigenvalue weighted by molar-refractivity contribution is 0.102. The fraction of sp³-hybridized carbons (Fsp3) is 0.316. The first-order valence-corrected chi connectivity index (χ1v) is 10.0. The second kappa shape index (κ2) is 8.11. The molecule has 0 aliphatic rings. The van der Waals surface area contributed by atoms with Crippen LogP contribution in [0.3, 0.4) is 0 Å². The maximum atomic E-state index is 12.4. The van der Waals surface area contributed by atoms with Gasteiger partial charge in [0, 0.05) is 11.9 Å². The first-order valence-electron chi connectivity index (χ1n) is 8.11. The molecule has 0 atom stereocenters. The Morgan fingerprint density at radius 3 is 2.29 bits per heavy atom. The van der Waals surface area contributed by atoms with Crippen molar-refractivity contribution in [2.75, 3.05) is 11.6 Å². The number of rotatable bonds is 7. The second-order valence-electron chi connectivity index (χ2n) is 5.88. The number of anilines is 1. The summed E-state index contributed by atoms with van der Waals surface area (Å²) in [5.41, 5.74) is 2.05. The van der Waals surface area contributed by atoms with Crippen LogP contribution in [-0.2, 0) is 16.3 Å². The van der Waals surface area contributed by atoms with Crippen LogP contribution < -0.4 is 5.32 Å². The van der Waals surface area contributed by atoms with E-state index in [4.69, 9.17) is 0 Å². The van der Waals surface area contributed by atoms with Crippen LogP contribution in [0.25, 0.3) is 0 Å². The van der Waals surface area contributed by atoms with Crippen LogP contribution in [0.2, 0.25) is 0 Å². The minimum atomic E-state index is -3.45. The van der Waals surface area contributed by atoms with Crippen LogP contribution in [0.5, 0.6) is 0 Å². The maximum absolute atomic E-state index is 12.4. The van der Waals surface area contributed by atoms with Gasteiger partial charge < -0.3 is 5.32 Å². The summed E-state index contributed by atoms with van der Waals surface area (Å²) in [7, 11) is -3.45. The molecule has 0 radical (unpaired) electrons. The highest BCUT2D eigenvalue weighted by atomic mass is 32.2. The van der Waals surface area contributed by atoms with Gasteiger partial charge in [0.25, 0.3) is 5.91 Å². The van der Waals surface area contributed by atoms with Gasteiger partial charge in [-0.15, -0.1) is 0 Å². The zero-order chi connectivity index (χ0) is 17.6. The van der Waals surface area contributed by atoms with E-state index in [2.05, 4.69) is 12.2 Å². The van der Waals surface area contributed by atoms with Gasteiger partial charge in [-0.1, -0.05) is 44.0 Å². The Morgan fingerprint density at radius 1 is 1.00 bits per heavy atom. The molecule has 1 amide bonds. The van der Waals surface area contributed by atoms with Gasteiger partial charge in [0.15, 0.2) is 9.84 Å². The van der Waals surface area contributed by atoms with Crippen molar-refractivity contribution in [3.05, 3.63) is 59.7 Å². The number of carbonyl (C=O) groups is 1. The molecule has 0 unspecified atom stereocenters. The van der Waals surface area contributed by atoms with Gasteiger partial charge in [0.1, 0.15) is 0 Å². The van der Waals surface area contributed by atoms with Crippen LogP contribution in [0.1, 0.15) is 42.1 Å². The summed E-state index contributed by atoms with van der Waals surface area (Å²) in [4.78, 5) is 12.4. The molecule has 2 rings (SSSR count). The van der Waals surface area contributed by atoms with Gasteiger partial charge in [0.2, 0.25) is 0 Å². The third-order valence-electron chi connectivity index (χ3n) is 3.81. The Hall–Kier alpha value is -2.14. The zero-order valence-electron chi connectivity index (χ0n) is 14.1. The third kappa shape index (κ3) is 4.93. The number of amides is 1. The predicted octanol–water partition coefficient (Wildman–Crippen LogP) is 4.08. The van der Waals surface area contributed by atoms with Crippen LogP contribution in [0.4, 0.5) is 5.69 Å². The van der Waals surface area contributed by atoms with Crippen LogP contribution >= 0.6 is 0 Å². The molecule has 5 heteroatoms. The summed E-state index contributed by atoms with van der Waals surface area (Å²) in [6.45, 7) is 2.17. The van der Waals surface area contributed by atoms with Gasteiger partial charge in [-0.05, 0) is 42.7 Å². The molecule has 0 bridgehead atoms. The Balaban J connectivity index is 2.11. The van der Waals surface area contributed by atoms with E-state index >= 15 is 0 Å². The molecule has 2 aromatic carbocycles. The number of hydrogen-bond acceptors (Lipinski definition) is 3. The highest BCUT2D eigenvalue weighted by Gasteiger charge is 2.18. The minimum absolute atomic E-state index is 0.0404. The smallest absolute Gasteiger partial charge is 0.256 e. The molecule has 1 N–H and O–H groups in total. The van der Waals surface area contributed by atoms with Gasteiger partial charge >= 0.3 is 0 Å². The minimum Gasteiger partial charge on any atom is -0.322 e. The van der Waals surface area contributed by atoms with E-state index in [1.165, 1.54) is 30.5 Å². The molecule has 0 saturated carbocycles. The fourth-order valence-corrected chi connectivity index (χ4v) is 3.40. The SMILES string of the molecule is CCCCCc1ccc(NC(=O)c2ccccc2S(C)(=O)=O)cc1. The molecule has 0 heterocycles. The van der Waals surface area contributed by atoms with E-state index in [1.807, 2.05) is 24.3 Å². The molecule has 0 spiro atoms. The van der Waals surface area contributed by atoms with Crippen LogP contribution in [0.15, 0.2) is 53.4 Å². The number of nitrogens with one attached hydrogen (secondary N) is 1. The molecule has 128 valence electrons. The van der Waals surface area contributed by atoms with Gasteiger partial charge in [-0.3, -0.25) is 4.79 Å². The van der Waals surface area contributed by atoms with E-state index in [9.17, 15) is 13.2 Å². The number of benzene rings is 2. The summed E-state index contributed by atoms with van der Waals surface area (Å²) in [6.07, 6.45) is 5.68. The summed E-state index contributed by atoms with van der Waals surface area (Å²) < 4.78 is 23.6. The van der Waals surface area contributed by atoms with E-state index in [1.54, 1.807) is 12.1 Å². The lowest BCUT2D eigenvalue weighted by Crippen LogP contribution is -2.16. The highest BCUT2D eigenvalue weighted by Crippen LogP contribution is 2.18. The first-order chi connectivity index (χ1) is 11.4. The van der Waals surface area contributed by atoms with Crippen molar-refractivity contribution in [1.29, 1.82) is 0 Å². The molecule has 0 aliphatic heterocycles. The summed E-state index contributed by atoms with van der Waals surface area (Å²) in [5.74, 6) is -0.422. The standard InChI is InChI=1S/C19H23NO3S/c1-3-4-5-8-15-11-13-16(14-12-15)20-19(21)17-9-6-7-10-18(17)24(2,22)23/h6-7,9-14H,3-5,8H2,1-2H3,(H,20,21). The molecular formula is C19H23NO3S. The largest absolute Gasteiger partial charge is 0.322 e. The molecule has 0 saturated heterocycles. The van der Waals surface area contributed by atoms with Crippen molar-refractivity contribution in [3.8, 4) is 0 Å². The number of aryl methyl sites for hydroxylation is 1. The molecular weight excluding hydrogens is 322 g/mol. The van der Waals surface area contributed by atoms with Crippen LogP contribution in [-0.4, -0.2) is 20.6 Å². The van der Waals surface area contributed by atoms with E-state index in [-0.39, 0.29) is 10.5 Å². The van der Waals surface area contributed by atoms with Crippen LogP contribution in [0, 0.1) is 0 Å². The quantitative estimate of drug-likeness (QED) is 0.769. The van der Waals surface area contributed by atoms with Gasteiger partial charge in [-0.25, -0.2) is 8.42 Å². The average Bonchev–Trinajstić information content (AvgIpc) is 2.56. The number of sulfone groups is 1. The highest BCUT2D eigenvalue weighted by molar-refractivity contribution is 7.90. The van der Waals surface area contributed by atoms with Crippen molar-refractivity contribution in [1.82, 2.24) is 0 Å². The lowest BCUT2D eigenvalue weighted by atomic mass is 10.1. The monoisotopic (exact) mass is 345 g/mol. The maximum Gasteiger partial charge on any atom is 0.256 e. The molecule has 24 heavy (non-hydrogen) atoms. The number of hydrogen-bond donors (Lipinski definition) is 1. The molecule has 0 aromatic heterocycles. The van der Waals surface area contributed by atoms with Crippen molar-refractivity contribution in [3.63, 3.8) is 0 Å². The van der Waals surface area contributed by atoms with Crippen molar-refractivity contribution < 1.29 is 13.2 Å². The van der Waals surface area contributed by atoms with E-state index in [0.717, 1.165) is 19.1 Å². The summed E-state index contributed by atoms with van der Waals surface area (Å²) in [5, 5.41) is 2.76. The Kier molecular flexibility index (Phi) is 6.15. The topological polar surface area (TPSA) is 63.2 Å². The third-order valence-corrected chi connectivity index (χ3v) is 4.97. The molecule has 0 aliphatic carbocycles. The molecule has 4 nitrogen and oxygen atoms in total. The first kappa shape index (κ1) is 18.2. The second-order valence-corrected chi connectivity index (χ2v) is 7.86. The predicted molar refractivity (Wildman–Crippen MR) is 97.2 cm³/mol. The Morgan fingerprint density at radius 2 is 1.67 bits per heavy atom. The van der Waals surface area contributed by atoms with Crippen molar-refractivity contribution >= 4 is 21.4 Å². The van der Waals surface area contributed by atoms with E-state index in [0.29, 0.717) is 5.69 Å². The van der Waals surface area contributed by atoms with Gasteiger partial charge in [0.05, 0.1) is 10.5 Å². The average molecular weight is 345 g/mol.